The van der Waals surface area contributed by atoms with Crippen LogP contribution in [-0.4, -0.2) is 17.8 Å². The molecule has 17 heavy (non-hydrogen) atoms. The maximum Gasteiger partial charge on any atom is 0.284 e. The number of allylic oxidation sites excluding steroid dienone is 2. The molecule has 0 radical (unpaired) electrons. The van der Waals surface area contributed by atoms with E-state index in [1.54, 1.807) is 19.1 Å². The van der Waals surface area contributed by atoms with E-state index in [0.717, 1.165) is 0 Å². The summed E-state index contributed by atoms with van der Waals surface area (Å²) in [6.07, 6.45) is 5.22. The highest BCUT2D eigenvalue weighted by molar-refractivity contribution is 7.87. The number of hydrogen-bond donors (Lipinski definition) is 2. The second-order valence-corrected chi connectivity index (χ2v) is 6.08. The lowest BCUT2D eigenvalue weighted by Crippen LogP contribution is -2.59. The van der Waals surface area contributed by atoms with E-state index in [2.05, 4.69) is 19.7 Å². The summed E-state index contributed by atoms with van der Waals surface area (Å²) in [6.45, 7) is 12.4. The molecule has 5 heteroatoms. The molecule has 0 heterocycles. The highest BCUT2D eigenvalue weighted by Crippen LogP contribution is 2.42. The molecule has 0 aromatic heterocycles. The van der Waals surface area contributed by atoms with Crippen molar-refractivity contribution in [2.24, 2.45) is 11.1 Å². The van der Waals surface area contributed by atoms with Crippen LogP contribution in [0.1, 0.15) is 26.2 Å². The molecule has 0 fully saturated rings. The summed E-state index contributed by atoms with van der Waals surface area (Å²) in [4.78, 5) is -1.79. The average molecular weight is 259 g/mol. The van der Waals surface area contributed by atoms with Crippen LogP contribution in [0.5, 0.6) is 0 Å². The third-order valence-electron chi connectivity index (χ3n) is 3.12. The first-order valence-corrected chi connectivity index (χ1v) is 6.71. The molecule has 0 aliphatic carbocycles. The van der Waals surface area contributed by atoms with Crippen molar-refractivity contribution in [3.05, 3.63) is 38.0 Å². The van der Waals surface area contributed by atoms with Crippen molar-refractivity contribution in [1.29, 1.82) is 0 Å². The predicted octanol–water partition coefficient (Wildman–Crippen LogP) is 2.26. The van der Waals surface area contributed by atoms with Crippen molar-refractivity contribution >= 4 is 10.1 Å². The van der Waals surface area contributed by atoms with Crippen LogP contribution in [0.4, 0.5) is 0 Å². The molecule has 3 N–H and O–H groups in total. The van der Waals surface area contributed by atoms with Crippen LogP contribution in [0, 0.1) is 5.41 Å². The monoisotopic (exact) mass is 259 g/mol. The standard InChI is InChI=1S/C12H21NO3S/c1-5-8-11(4,9-6-2)12(13,10-7-3)17(14,15)16/h5-7H,1-3,8-10,13H2,4H3,(H,14,15,16). The summed E-state index contributed by atoms with van der Waals surface area (Å²) in [5.74, 6) is 0. The van der Waals surface area contributed by atoms with Gasteiger partial charge < -0.3 is 5.73 Å². The van der Waals surface area contributed by atoms with Gasteiger partial charge in [-0.1, -0.05) is 25.2 Å². The molecule has 0 amide bonds. The average Bonchev–Trinajstić information content (AvgIpc) is 2.16. The Balaban J connectivity index is 5.76. The van der Waals surface area contributed by atoms with Gasteiger partial charge in [0.25, 0.3) is 10.1 Å². The van der Waals surface area contributed by atoms with Crippen LogP contribution in [-0.2, 0) is 10.1 Å². The smallest absolute Gasteiger partial charge is 0.284 e. The van der Waals surface area contributed by atoms with Gasteiger partial charge in [-0.05, 0) is 12.8 Å². The molecular weight excluding hydrogens is 238 g/mol. The van der Waals surface area contributed by atoms with Crippen LogP contribution in [0.15, 0.2) is 38.0 Å². The van der Waals surface area contributed by atoms with Gasteiger partial charge in [0, 0.05) is 11.8 Å². The van der Waals surface area contributed by atoms with E-state index >= 15 is 0 Å². The molecule has 0 saturated carbocycles. The van der Waals surface area contributed by atoms with Crippen LogP contribution in [0.2, 0.25) is 0 Å². The van der Waals surface area contributed by atoms with Gasteiger partial charge >= 0.3 is 0 Å². The lowest BCUT2D eigenvalue weighted by atomic mass is 9.75. The number of rotatable bonds is 8. The Kier molecular flexibility index (Phi) is 5.32. The molecule has 4 nitrogen and oxygen atoms in total. The van der Waals surface area contributed by atoms with Gasteiger partial charge in [-0.2, -0.15) is 8.42 Å². The zero-order valence-electron chi connectivity index (χ0n) is 10.2. The topological polar surface area (TPSA) is 80.4 Å². The zero-order chi connectivity index (χ0) is 13.7. The van der Waals surface area contributed by atoms with Gasteiger partial charge in [-0.3, -0.25) is 4.55 Å². The minimum Gasteiger partial charge on any atom is -0.310 e. The molecular formula is C12H21NO3S. The highest BCUT2D eigenvalue weighted by Gasteiger charge is 2.52. The van der Waals surface area contributed by atoms with Crippen LogP contribution < -0.4 is 5.73 Å². The number of hydrogen-bond acceptors (Lipinski definition) is 3. The lowest BCUT2D eigenvalue weighted by Gasteiger charge is -2.42. The quantitative estimate of drug-likeness (QED) is 0.517. The van der Waals surface area contributed by atoms with Gasteiger partial charge in [0.1, 0.15) is 0 Å². The van der Waals surface area contributed by atoms with Crippen molar-refractivity contribution < 1.29 is 13.0 Å². The highest BCUT2D eigenvalue weighted by atomic mass is 32.2. The van der Waals surface area contributed by atoms with Crippen LogP contribution in [0.3, 0.4) is 0 Å². The largest absolute Gasteiger partial charge is 0.310 e. The van der Waals surface area contributed by atoms with E-state index in [0.29, 0.717) is 12.8 Å². The fraction of sp³-hybridized carbons (Fsp3) is 0.500. The molecule has 0 saturated heterocycles. The Bertz CT molecular complexity index is 390. The second-order valence-electron chi connectivity index (χ2n) is 4.40. The van der Waals surface area contributed by atoms with E-state index in [1.807, 2.05) is 0 Å². The van der Waals surface area contributed by atoms with Gasteiger partial charge in [-0.15, -0.1) is 19.7 Å². The van der Waals surface area contributed by atoms with Crippen molar-refractivity contribution in [2.45, 2.75) is 31.1 Å². The number of nitrogens with two attached hydrogens (primary N) is 1. The molecule has 0 aliphatic rings. The SMILES string of the molecule is C=CCC(C)(CC=C)C(N)(CC=C)S(=O)(=O)O. The lowest BCUT2D eigenvalue weighted by molar-refractivity contribution is 0.206. The summed E-state index contributed by atoms with van der Waals surface area (Å²) in [5.41, 5.74) is 5.05. The first-order chi connectivity index (χ1) is 7.68. The van der Waals surface area contributed by atoms with Gasteiger partial charge in [0.05, 0.1) is 0 Å². The van der Waals surface area contributed by atoms with Crippen molar-refractivity contribution in [1.82, 2.24) is 0 Å². The van der Waals surface area contributed by atoms with E-state index in [4.69, 9.17) is 5.73 Å². The summed E-state index contributed by atoms with van der Waals surface area (Å²) in [6, 6.07) is 0. The molecule has 0 rings (SSSR count). The molecule has 0 aromatic rings. The third kappa shape index (κ3) is 3.06. The van der Waals surface area contributed by atoms with E-state index in [-0.39, 0.29) is 6.42 Å². The van der Waals surface area contributed by atoms with Crippen molar-refractivity contribution in [2.75, 3.05) is 0 Å². The molecule has 98 valence electrons. The molecule has 0 spiro atoms. The Morgan fingerprint density at radius 1 is 1.12 bits per heavy atom. The van der Waals surface area contributed by atoms with Gasteiger partial charge in [-0.25, -0.2) is 0 Å². The molecule has 0 aliphatic heterocycles. The first-order valence-electron chi connectivity index (χ1n) is 5.27. The van der Waals surface area contributed by atoms with Gasteiger partial charge in [0.2, 0.25) is 0 Å². The second kappa shape index (κ2) is 5.62. The molecule has 0 bridgehead atoms. The van der Waals surface area contributed by atoms with Crippen molar-refractivity contribution in [3.8, 4) is 0 Å². The van der Waals surface area contributed by atoms with E-state index < -0.39 is 20.4 Å². The fourth-order valence-corrected chi connectivity index (χ4v) is 3.06. The van der Waals surface area contributed by atoms with E-state index in [1.165, 1.54) is 6.08 Å². The Morgan fingerprint density at radius 2 is 1.47 bits per heavy atom. The Labute approximate surface area is 104 Å². The van der Waals surface area contributed by atoms with Gasteiger partial charge in [0.15, 0.2) is 4.87 Å². The van der Waals surface area contributed by atoms with Crippen molar-refractivity contribution in [3.63, 3.8) is 0 Å². The molecule has 1 atom stereocenters. The molecule has 0 aromatic carbocycles. The predicted molar refractivity (Wildman–Crippen MR) is 71.0 cm³/mol. The maximum absolute atomic E-state index is 11.6. The minimum atomic E-state index is -4.42. The summed E-state index contributed by atoms with van der Waals surface area (Å²) in [7, 11) is -4.42. The van der Waals surface area contributed by atoms with E-state index in [9.17, 15) is 13.0 Å². The molecule has 1 unspecified atom stereocenters. The summed E-state index contributed by atoms with van der Waals surface area (Å²) in [5, 5.41) is 0. The van der Waals surface area contributed by atoms with Crippen LogP contribution >= 0.6 is 0 Å². The third-order valence-corrected chi connectivity index (χ3v) is 4.70. The maximum atomic E-state index is 11.6. The normalized spacial score (nSPS) is 15.9. The fourth-order valence-electron chi connectivity index (χ4n) is 1.94. The first kappa shape index (κ1) is 16.1. The minimum absolute atomic E-state index is 0.0377. The Morgan fingerprint density at radius 3 is 1.71 bits per heavy atom. The Hall–Kier alpha value is -0.910. The zero-order valence-corrected chi connectivity index (χ0v) is 11.0. The van der Waals surface area contributed by atoms with Crippen LogP contribution in [0.25, 0.3) is 0 Å². The summed E-state index contributed by atoms with van der Waals surface area (Å²) < 4.78 is 32.5. The summed E-state index contributed by atoms with van der Waals surface area (Å²) >= 11 is 0.